The van der Waals surface area contributed by atoms with Crippen LogP contribution < -0.4 is 10.6 Å². The van der Waals surface area contributed by atoms with Crippen LogP contribution in [0.25, 0.3) is 22.2 Å². The van der Waals surface area contributed by atoms with Crippen LogP contribution in [0.15, 0.2) is 71.7 Å². The van der Waals surface area contributed by atoms with E-state index in [1.165, 1.54) is 6.26 Å². The van der Waals surface area contributed by atoms with E-state index in [1.807, 2.05) is 44.4 Å². The summed E-state index contributed by atoms with van der Waals surface area (Å²) in [6.45, 7) is 2.65. The molecule has 0 saturated carbocycles. The van der Waals surface area contributed by atoms with Crippen molar-refractivity contribution in [2.45, 2.75) is 20.0 Å². The smallest absolute Gasteiger partial charge is 0.274 e. The standard InChI is InChI=1S/C25H23N7O3/c1-3-32-15-22(23(30-32)25(34)26-13-17-7-6-10-35-17)29-24(33)19-11-21(16-12-27-31(2)14-16)28-20-9-5-4-8-18(19)20/h4-12,14-15H,3,13H2,1-2H3,(H,26,34)(H,29,33). The number of anilines is 1. The summed E-state index contributed by atoms with van der Waals surface area (Å²) in [5, 5.41) is 14.9. The third-order valence-electron chi connectivity index (χ3n) is 5.51. The second-order valence-electron chi connectivity index (χ2n) is 7.94. The van der Waals surface area contributed by atoms with E-state index in [2.05, 4.69) is 20.8 Å². The number of hydrogen-bond donors (Lipinski definition) is 2. The SMILES string of the molecule is CCn1cc(NC(=O)c2cc(-c3cnn(C)c3)nc3ccccc23)c(C(=O)NCc2ccco2)n1. The van der Waals surface area contributed by atoms with Gasteiger partial charge in [-0.2, -0.15) is 10.2 Å². The third-order valence-corrected chi connectivity index (χ3v) is 5.51. The molecule has 35 heavy (non-hydrogen) atoms. The van der Waals surface area contributed by atoms with Crippen LogP contribution in [0, 0.1) is 0 Å². The molecule has 5 aromatic rings. The van der Waals surface area contributed by atoms with Gasteiger partial charge in [-0.3, -0.25) is 19.0 Å². The van der Waals surface area contributed by atoms with Crippen LogP contribution in [0.3, 0.4) is 0 Å². The number of nitrogens with zero attached hydrogens (tertiary/aromatic N) is 5. The lowest BCUT2D eigenvalue weighted by Crippen LogP contribution is -2.25. The summed E-state index contributed by atoms with van der Waals surface area (Å²) in [7, 11) is 1.82. The molecule has 2 N–H and O–H groups in total. The van der Waals surface area contributed by atoms with E-state index in [1.54, 1.807) is 40.0 Å². The largest absolute Gasteiger partial charge is 0.467 e. The summed E-state index contributed by atoms with van der Waals surface area (Å²) in [4.78, 5) is 31.1. The number of rotatable bonds is 7. The molecule has 0 atom stereocenters. The monoisotopic (exact) mass is 469 g/mol. The molecule has 4 heterocycles. The Morgan fingerprint density at radius 2 is 1.94 bits per heavy atom. The molecule has 10 heteroatoms. The molecule has 0 radical (unpaired) electrons. The molecule has 0 aliphatic heterocycles. The average Bonchev–Trinajstić information content (AvgIpc) is 3.63. The zero-order valence-corrected chi connectivity index (χ0v) is 19.2. The van der Waals surface area contributed by atoms with E-state index in [-0.39, 0.29) is 18.1 Å². The molecule has 10 nitrogen and oxygen atoms in total. The predicted molar refractivity (Wildman–Crippen MR) is 130 cm³/mol. The first-order chi connectivity index (χ1) is 17.0. The molecule has 4 aromatic heterocycles. The lowest BCUT2D eigenvalue weighted by Gasteiger charge is -2.10. The Morgan fingerprint density at radius 1 is 1.09 bits per heavy atom. The summed E-state index contributed by atoms with van der Waals surface area (Å²) in [6.07, 6.45) is 6.72. The molecular weight excluding hydrogens is 446 g/mol. The van der Waals surface area contributed by atoms with E-state index < -0.39 is 5.91 Å². The number of furan rings is 1. The lowest BCUT2D eigenvalue weighted by molar-refractivity contribution is 0.0943. The van der Waals surface area contributed by atoms with Crippen molar-refractivity contribution in [1.29, 1.82) is 0 Å². The first-order valence-corrected chi connectivity index (χ1v) is 11.1. The van der Waals surface area contributed by atoms with E-state index >= 15 is 0 Å². The summed E-state index contributed by atoms with van der Waals surface area (Å²) in [6, 6.07) is 12.7. The van der Waals surface area contributed by atoms with Crippen molar-refractivity contribution in [3.63, 3.8) is 0 Å². The topological polar surface area (TPSA) is 120 Å². The Bertz CT molecular complexity index is 1520. The lowest BCUT2D eigenvalue weighted by atomic mass is 10.0. The van der Waals surface area contributed by atoms with Gasteiger partial charge in [-0.25, -0.2) is 4.98 Å². The Hall–Kier alpha value is -4.73. The van der Waals surface area contributed by atoms with E-state index in [0.29, 0.717) is 40.2 Å². The number of aromatic nitrogens is 5. The highest BCUT2D eigenvalue weighted by molar-refractivity contribution is 6.14. The number of pyridine rings is 1. The number of hydrogen-bond acceptors (Lipinski definition) is 6. The third kappa shape index (κ3) is 4.54. The summed E-state index contributed by atoms with van der Waals surface area (Å²) < 4.78 is 8.55. The second kappa shape index (κ2) is 9.26. The zero-order chi connectivity index (χ0) is 24.4. The highest BCUT2D eigenvalue weighted by atomic mass is 16.3. The maximum Gasteiger partial charge on any atom is 0.274 e. The number of carbonyl (C=O) groups excluding carboxylic acids is 2. The fraction of sp³-hybridized carbons (Fsp3) is 0.160. The van der Waals surface area contributed by atoms with Crippen LogP contribution >= 0.6 is 0 Å². The Balaban J connectivity index is 1.47. The first kappa shape index (κ1) is 22.1. The maximum absolute atomic E-state index is 13.5. The van der Waals surface area contributed by atoms with Crippen molar-refractivity contribution in [3.8, 4) is 11.3 Å². The van der Waals surface area contributed by atoms with E-state index in [4.69, 9.17) is 9.40 Å². The number of amides is 2. The zero-order valence-electron chi connectivity index (χ0n) is 19.2. The van der Waals surface area contributed by atoms with E-state index in [9.17, 15) is 9.59 Å². The van der Waals surface area contributed by atoms with Gasteiger partial charge in [-0.1, -0.05) is 18.2 Å². The van der Waals surface area contributed by atoms with Gasteiger partial charge < -0.3 is 15.1 Å². The van der Waals surface area contributed by atoms with Gasteiger partial charge in [0.2, 0.25) is 0 Å². The number of aryl methyl sites for hydroxylation is 2. The van der Waals surface area contributed by atoms with Gasteiger partial charge in [0.15, 0.2) is 5.69 Å². The van der Waals surface area contributed by atoms with Gasteiger partial charge in [-0.15, -0.1) is 0 Å². The van der Waals surface area contributed by atoms with Crippen molar-refractivity contribution in [2.24, 2.45) is 7.05 Å². The molecule has 0 aliphatic rings. The summed E-state index contributed by atoms with van der Waals surface area (Å²) >= 11 is 0. The highest BCUT2D eigenvalue weighted by Crippen LogP contribution is 2.26. The van der Waals surface area contributed by atoms with Crippen molar-refractivity contribution in [2.75, 3.05) is 5.32 Å². The number of carbonyl (C=O) groups is 2. The van der Waals surface area contributed by atoms with Gasteiger partial charge in [0.1, 0.15) is 5.76 Å². The highest BCUT2D eigenvalue weighted by Gasteiger charge is 2.21. The normalized spacial score (nSPS) is 11.0. The molecule has 5 rings (SSSR count). The number of para-hydroxylation sites is 1. The minimum Gasteiger partial charge on any atom is -0.467 e. The summed E-state index contributed by atoms with van der Waals surface area (Å²) in [5.74, 6) is -0.172. The second-order valence-corrected chi connectivity index (χ2v) is 7.94. The van der Waals surface area contributed by atoms with Crippen molar-refractivity contribution in [1.82, 2.24) is 29.9 Å². The molecule has 0 unspecified atom stereocenters. The molecular formula is C25H23N7O3. The molecule has 0 saturated heterocycles. The van der Waals surface area contributed by atoms with Crippen LogP contribution in [-0.2, 0) is 20.1 Å². The maximum atomic E-state index is 13.5. The van der Waals surface area contributed by atoms with Crippen LogP contribution in [0.1, 0.15) is 33.5 Å². The van der Waals surface area contributed by atoms with E-state index in [0.717, 1.165) is 5.56 Å². The van der Waals surface area contributed by atoms with Gasteiger partial charge in [0, 0.05) is 36.9 Å². The number of benzene rings is 1. The fourth-order valence-electron chi connectivity index (χ4n) is 3.76. The van der Waals surface area contributed by atoms with Crippen molar-refractivity contribution in [3.05, 3.63) is 84.3 Å². The van der Waals surface area contributed by atoms with Crippen molar-refractivity contribution < 1.29 is 14.0 Å². The van der Waals surface area contributed by atoms with Crippen LogP contribution in [0.2, 0.25) is 0 Å². The molecule has 2 amide bonds. The van der Waals surface area contributed by atoms with Crippen LogP contribution in [0.5, 0.6) is 0 Å². The first-order valence-electron chi connectivity index (χ1n) is 11.1. The quantitative estimate of drug-likeness (QED) is 0.376. The molecule has 176 valence electrons. The molecule has 0 aliphatic carbocycles. The minimum atomic E-state index is -0.417. The number of nitrogens with one attached hydrogen (secondary N) is 2. The predicted octanol–water partition coefficient (Wildman–Crippen LogP) is 3.63. The minimum absolute atomic E-state index is 0.123. The average molecular weight is 470 g/mol. The fourth-order valence-corrected chi connectivity index (χ4v) is 3.76. The molecule has 0 fully saturated rings. The molecule has 0 bridgehead atoms. The van der Waals surface area contributed by atoms with Crippen molar-refractivity contribution >= 4 is 28.4 Å². The van der Waals surface area contributed by atoms with Gasteiger partial charge >= 0.3 is 0 Å². The Labute approximate surface area is 200 Å². The van der Waals surface area contributed by atoms with Crippen LogP contribution in [-0.4, -0.2) is 36.4 Å². The van der Waals surface area contributed by atoms with Gasteiger partial charge in [0.05, 0.1) is 41.5 Å². The Kier molecular flexibility index (Phi) is 5.84. The molecule has 1 aromatic carbocycles. The number of fused-ring (bicyclic) bond motifs is 1. The Morgan fingerprint density at radius 3 is 2.69 bits per heavy atom. The van der Waals surface area contributed by atoms with Crippen LogP contribution in [0.4, 0.5) is 5.69 Å². The van der Waals surface area contributed by atoms with Gasteiger partial charge in [-0.05, 0) is 31.2 Å². The summed E-state index contributed by atoms with van der Waals surface area (Å²) in [5.41, 5.74) is 2.97. The molecule has 0 spiro atoms. The van der Waals surface area contributed by atoms with Gasteiger partial charge in [0.25, 0.3) is 11.8 Å².